The van der Waals surface area contributed by atoms with Crippen LogP contribution >= 0.6 is 22.6 Å². The molecule has 1 amide bonds. The average molecular weight is 337 g/mol. The van der Waals surface area contributed by atoms with E-state index in [-0.39, 0.29) is 5.91 Å². The molecule has 0 bridgehead atoms. The molecule has 0 spiro atoms. The first-order chi connectivity index (χ1) is 8.16. The predicted octanol–water partition coefficient (Wildman–Crippen LogP) is 3.85. The molecule has 0 saturated heterocycles. The summed E-state index contributed by atoms with van der Waals surface area (Å²) in [5.41, 5.74) is 2.66. The lowest BCUT2D eigenvalue weighted by Crippen LogP contribution is -2.13. The second-order valence-electron chi connectivity index (χ2n) is 3.80. The second kappa shape index (κ2) is 5.31. The molecule has 2 aromatic carbocycles. The lowest BCUT2D eigenvalue weighted by Gasteiger charge is -2.07. The van der Waals surface area contributed by atoms with Gasteiger partial charge in [-0.1, -0.05) is 24.3 Å². The zero-order valence-electron chi connectivity index (χ0n) is 9.41. The van der Waals surface area contributed by atoms with E-state index in [4.69, 9.17) is 0 Å². The maximum Gasteiger partial charge on any atom is 0.256 e. The SMILES string of the molecule is Cc1cccc(NC(=O)c2ccccc2I)c1. The first kappa shape index (κ1) is 12.1. The number of nitrogens with one attached hydrogen (secondary N) is 1. The summed E-state index contributed by atoms with van der Waals surface area (Å²) in [6.45, 7) is 2.00. The standard InChI is InChI=1S/C14H12INO/c1-10-5-4-6-11(9-10)16-14(17)12-7-2-3-8-13(12)15/h2-9H,1H3,(H,16,17). The summed E-state index contributed by atoms with van der Waals surface area (Å²) < 4.78 is 0.954. The average Bonchev–Trinajstić information content (AvgIpc) is 2.29. The highest BCUT2D eigenvalue weighted by molar-refractivity contribution is 14.1. The number of carbonyl (C=O) groups excluding carboxylic acids is 1. The highest BCUT2D eigenvalue weighted by Crippen LogP contribution is 2.15. The van der Waals surface area contributed by atoms with Crippen molar-refractivity contribution in [2.75, 3.05) is 5.32 Å². The van der Waals surface area contributed by atoms with Gasteiger partial charge in [-0.15, -0.1) is 0 Å². The van der Waals surface area contributed by atoms with Crippen molar-refractivity contribution in [3.8, 4) is 0 Å². The number of rotatable bonds is 2. The van der Waals surface area contributed by atoms with Gasteiger partial charge in [-0.05, 0) is 59.3 Å². The summed E-state index contributed by atoms with van der Waals surface area (Å²) in [4.78, 5) is 12.0. The summed E-state index contributed by atoms with van der Waals surface area (Å²) in [6.07, 6.45) is 0. The van der Waals surface area contributed by atoms with Gasteiger partial charge >= 0.3 is 0 Å². The zero-order valence-corrected chi connectivity index (χ0v) is 11.6. The fourth-order valence-electron chi connectivity index (χ4n) is 1.57. The molecule has 0 heterocycles. The van der Waals surface area contributed by atoms with Crippen molar-refractivity contribution in [2.45, 2.75) is 6.92 Å². The lowest BCUT2D eigenvalue weighted by molar-refractivity contribution is 0.102. The minimum Gasteiger partial charge on any atom is -0.322 e. The molecule has 86 valence electrons. The van der Waals surface area contributed by atoms with Crippen LogP contribution in [0.15, 0.2) is 48.5 Å². The summed E-state index contributed by atoms with van der Waals surface area (Å²) in [5, 5.41) is 2.90. The maximum atomic E-state index is 12.0. The molecule has 0 aliphatic rings. The van der Waals surface area contributed by atoms with Gasteiger partial charge in [-0.2, -0.15) is 0 Å². The summed E-state index contributed by atoms with van der Waals surface area (Å²) in [7, 11) is 0. The Morgan fingerprint density at radius 3 is 2.59 bits per heavy atom. The van der Waals surface area contributed by atoms with E-state index in [9.17, 15) is 4.79 Å². The van der Waals surface area contributed by atoms with Gasteiger partial charge in [0.15, 0.2) is 0 Å². The van der Waals surface area contributed by atoms with E-state index in [0.29, 0.717) is 5.56 Å². The van der Waals surface area contributed by atoms with E-state index < -0.39 is 0 Å². The highest BCUT2D eigenvalue weighted by atomic mass is 127. The molecule has 0 aliphatic carbocycles. The fourth-order valence-corrected chi connectivity index (χ4v) is 2.20. The minimum absolute atomic E-state index is 0.0689. The number of carbonyl (C=O) groups is 1. The van der Waals surface area contributed by atoms with E-state index in [2.05, 4.69) is 27.9 Å². The van der Waals surface area contributed by atoms with Crippen molar-refractivity contribution in [3.05, 3.63) is 63.2 Å². The van der Waals surface area contributed by atoms with Crippen LogP contribution in [-0.2, 0) is 0 Å². The van der Waals surface area contributed by atoms with Crippen LogP contribution in [-0.4, -0.2) is 5.91 Å². The van der Waals surface area contributed by atoms with Gasteiger partial charge in [0, 0.05) is 9.26 Å². The normalized spacial score (nSPS) is 10.0. The Morgan fingerprint density at radius 1 is 1.12 bits per heavy atom. The monoisotopic (exact) mass is 337 g/mol. The van der Waals surface area contributed by atoms with E-state index in [0.717, 1.165) is 14.8 Å². The Labute approximate surface area is 114 Å². The van der Waals surface area contributed by atoms with Gasteiger partial charge in [-0.3, -0.25) is 4.79 Å². The molecule has 0 aromatic heterocycles. The summed E-state index contributed by atoms with van der Waals surface area (Å²) in [5.74, 6) is -0.0689. The van der Waals surface area contributed by atoms with Crippen LogP contribution in [0.3, 0.4) is 0 Å². The van der Waals surface area contributed by atoms with Gasteiger partial charge < -0.3 is 5.32 Å². The van der Waals surface area contributed by atoms with Crippen molar-refractivity contribution in [1.82, 2.24) is 0 Å². The van der Waals surface area contributed by atoms with E-state index >= 15 is 0 Å². The summed E-state index contributed by atoms with van der Waals surface area (Å²) >= 11 is 2.16. The van der Waals surface area contributed by atoms with Crippen LogP contribution in [0.4, 0.5) is 5.69 Å². The summed E-state index contributed by atoms with van der Waals surface area (Å²) in [6, 6.07) is 15.3. The molecule has 1 N–H and O–H groups in total. The number of hydrogen-bond donors (Lipinski definition) is 1. The highest BCUT2D eigenvalue weighted by Gasteiger charge is 2.08. The fraction of sp³-hybridized carbons (Fsp3) is 0.0714. The van der Waals surface area contributed by atoms with Crippen molar-refractivity contribution in [1.29, 1.82) is 0 Å². The van der Waals surface area contributed by atoms with Crippen LogP contribution in [0.2, 0.25) is 0 Å². The van der Waals surface area contributed by atoms with Crippen LogP contribution in [0.25, 0.3) is 0 Å². The molecule has 0 unspecified atom stereocenters. The third-order valence-corrected chi connectivity index (χ3v) is 3.34. The molecule has 0 atom stereocenters. The van der Waals surface area contributed by atoms with Crippen LogP contribution in [0.5, 0.6) is 0 Å². The zero-order chi connectivity index (χ0) is 12.3. The minimum atomic E-state index is -0.0689. The van der Waals surface area contributed by atoms with Crippen LogP contribution in [0.1, 0.15) is 15.9 Å². The number of anilines is 1. The first-order valence-corrected chi connectivity index (χ1v) is 6.37. The molecule has 17 heavy (non-hydrogen) atoms. The van der Waals surface area contributed by atoms with Gasteiger partial charge in [0.25, 0.3) is 5.91 Å². The Hall–Kier alpha value is -1.36. The molecular formula is C14H12INO. The maximum absolute atomic E-state index is 12.0. The number of aryl methyl sites for hydroxylation is 1. The molecule has 0 radical (unpaired) electrons. The van der Waals surface area contributed by atoms with E-state index in [1.807, 2.05) is 55.5 Å². The molecule has 0 saturated carbocycles. The van der Waals surface area contributed by atoms with Crippen molar-refractivity contribution in [3.63, 3.8) is 0 Å². The second-order valence-corrected chi connectivity index (χ2v) is 4.97. The third-order valence-electron chi connectivity index (χ3n) is 2.39. The first-order valence-electron chi connectivity index (χ1n) is 5.29. The van der Waals surface area contributed by atoms with Gasteiger partial charge in [0.05, 0.1) is 5.56 Å². The largest absolute Gasteiger partial charge is 0.322 e. The number of hydrogen-bond acceptors (Lipinski definition) is 1. The molecule has 0 fully saturated rings. The molecule has 2 aromatic rings. The number of amides is 1. The van der Waals surface area contributed by atoms with Crippen LogP contribution < -0.4 is 5.32 Å². The molecule has 2 rings (SSSR count). The van der Waals surface area contributed by atoms with Crippen molar-refractivity contribution >= 4 is 34.2 Å². The van der Waals surface area contributed by atoms with E-state index in [1.165, 1.54) is 0 Å². The molecule has 0 aliphatic heterocycles. The number of benzene rings is 2. The third kappa shape index (κ3) is 3.06. The quantitative estimate of drug-likeness (QED) is 0.829. The van der Waals surface area contributed by atoms with Crippen molar-refractivity contribution < 1.29 is 4.79 Å². The Morgan fingerprint density at radius 2 is 1.88 bits per heavy atom. The Bertz CT molecular complexity index is 551. The van der Waals surface area contributed by atoms with Crippen LogP contribution in [0, 0.1) is 10.5 Å². The smallest absolute Gasteiger partial charge is 0.256 e. The molecule has 3 heteroatoms. The topological polar surface area (TPSA) is 29.1 Å². The Kier molecular flexibility index (Phi) is 3.78. The number of halogens is 1. The van der Waals surface area contributed by atoms with Gasteiger partial charge in [0.1, 0.15) is 0 Å². The van der Waals surface area contributed by atoms with Crippen molar-refractivity contribution in [2.24, 2.45) is 0 Å². The predicted molar refractivity (Wildman–Crippen MR) is 78.3 cm³/mol. The molecular weight excluding hydrogens is 325 g/mol. The molecule has 2 nitrogen and oxygen atoms in total. The lowest BCUT2D eigenvalue weighted by atomic mass is 10.2. The Balaban J connectivity index is 2.20. The van der Waals surface area contributed by atoms with Gasteiger partial charge in [0.2, 0.25) is 0 Å². The van der Waals surface area contributed by atoms with Gasteiger partial charge in [-0.25, -0.2) is 0 Å². The van der Waals surface area contributed by atoms with E-state index in [1.54, 1.807) is 0 Å².